The van der Waals surface area contributed by atoms with Crippen molar-refractivity contribution < 1.29 is 0 Å². The molecule has 0 radical (unpaired) electrons. The molecule has 26 heavy (non-hydrogen) atoms. The van der Waals surface area contributed by atoms with E-state index in [0.29, 0.717) is 6.04 Å². The summed E-state index contributed by atoms with van der Waals surface area (Å²) in [7, 11) is -1.24. The van der Waals surface area contributed by atoms with Gasteiger partial charge in [-0.3, -0.25) is 0 Å². The maximum atomic E-state index is 2.70. The number of anilines is 1. The van der Waals surface area contributed by atoms with Gasteiger partial charge in [0, 0.05) is 16.6 Å². The molecule has 1 aliphatic carbocycles. The van der Waals surface area contributed by atoms with Crippen molar-refractivity contribution in [3.8, 4) is 0 Å². The van der Waals surface area contributed by atoms with Crippen molar-refractivity contribution in [2.45, 2.75) is 83.6 Å². The molecule has 0 N–H and O–H groups in total. The third-order valence-corrected chi connectivity index (χ3v) is 14.4. The number of thiophene rings is 1. The molecule has 0 saturated heterocycles. The summed E-state index contributed by atoms with van der Waals surface area (Å²) >= 11 is 2.12. The Labute approximate surface area is 165 Å². The summed E-state index contributed by atoms with van der Waals surface area (Å²) in [5, 5.41) is 0. The molecular weight excluding hydrogens is 350 g/mol. The molecule has 142 valence electrons. The molecule has 3 rings (SSSR count). The molecule has 1 aromatic heterocycles. The van der Waals surface area contributed by atoms with Gasteiger partial charge in [0.25, 0.3) is 0 Å². The molecule has 0 bridgehead atoms. The average molecular weight is 386 g/mol. The Morgan fingerprint density at radius 1 is 0.885 bits per heavy atom. The third kappa shape index (κ3) is 4.25. The van der Waals surface area contributed by atoms with Crippen LogP contribution in [0.1, 0.15) is 57.8 Å². The Morgan fingerprint density at radius 2 is 1.54 bits per heavy atom. The first-order valence-electron chi connectivity index (χ1n) is 10.6. The summed E-state index contributed by atoms with van der Waals surface area (Å²) in [5.74, 6) is 0. The molecule has 0 aliphatic heterocycles. The number of nitrogens with zero attached hydrogens (tertiary/aromatic N) is 1. The van der Waals surface area contributed by atoms with Gasteiger partial charge in [-0.2, -0.15) is 0 Å². The minimum absolute atomic E-state index is 0.710. The van der Waals surface area contributed by atoms with Gasteiger partial charge in [0.1, 0.15) is 0 Å². The third-order valence-electron chi connectivity index (χ3n) is 6.64. The quantitative estimate of drug-likeness (QED) is 0.451. The van der Waals surface area contributed by atoms with E-state index in [-0.39, 0.29) is 0 Å². The summed E-state index contributed by atoms with van der Waals surface area (Å²) in [5.41, 5.74) is 1.40. The van der Waals surface area contributed by atoms with Gasteiger partial charge in [0.15, 0.2) is 0 Å². The van der Waals surface area contributed by atoms with Crippen LogP contribution < -0.4 is 9.40 Å². The lowest BCUT2D eigenvalue weighted by Gasteiger charge is -2.36. The second-order valence-electron chi connectivity index (χ2n) is 7.86. The SMILES string of the molecule is CC[Si](CC)(CC)c1ccc(CN(c2ccccc2)C2CCCCC2)s1. The highest BCUT2D eigenvalue weighted by molar-refractivity contribution is 7.27. The van der Waals surface area contributed by atoms with Gasteiger partial charge >= 0.3 is 0 Å². The first-order chi connectivity index (χ1) is 12.7. The predicted octanol–water partition coefficient (Wildman–Crippen LogP) is 6.80. The monoisotopic (exact) mass is 385 g/mol. The van der Waals surface area contributed by atoms with Crippen molar-refractivity contribution >= 4 is 29.6 Å². The van der Waals surface area contributed by atoms with E-state index in [1.807, 2.05) is 0 Å². The zero-order valence-electron chi connectivity index (χ0n) is 16.8. The maximum absolute atomic E-state index is 2.70. The standard InChI is InChI=1S/C23H35NSSi/c1-4-26(5-2,6-3)23-18-17-22(25-23)19-24(20-13-9-7-10-14-20)21-15-11-8-12-16-21/h7,9-10,13-14,17-18,21H,4-6,8,11-12,15-16,19H2,1-3H3. The Morgan fingerprint density at radius 3 is 2.15 bits per heavy atom. The Bertz CT molecular complexity index is 648. The van der Waals surface area contributed by atoms with Crippen LogP contribution in [0.2, 0.25) is 18.1 Å². The average Bonchev–Trinajstić information content (AvgIpc) is 3.18. The Hall–Kier alpha value is -1.06. The number of benzene rings is 1. The van der Waals surface area contributed by atoms with Crippen LogP contribution in [-0.2, 0) is 6.54 Å². The van der Waals surface area contributed by atoms with Crippen LogP contribution in [0, 0.1) is 0 Å². The normalized spacial score (nSPS) is 16.0. The van der Waals surface area contributed by atoms with Gasteiger partial charge in [-0.1, -0.05) is 82.4 Å². The van der Waals surface area contributed by atoms with Crippen LogP contribution in [0.4, 0.5) is 5.69 Å². The summed E-state index contributed by atoms with van der Waals surface area (Å²) in [4.78, 5) is 4.25. The summed E-state index contributed by atoms with van der Waals surface area (Å²) in [6.45, 7) is 8.33. The molecule has 1 heterocycles. The molecule has 2 aromatic rings. The van der Waals surface area contributed by atoms with E-state index in [1.165, 1.54) is 55.9 Å². The highest BCUT2D eigenvalue weighted by Crippen LogP contribution is 2.30. The fourth-order valence-electron chi connectivity index (χ4n) is 4.63. The van der Waals surface area contributed by atoms with Crippen molar-refractivity contribution in [3.05, 3.63) is 47.3 Å². The van der Waals surface area contributed by atoms with E-state index in [4.69, 9.17) is 0 Å². The first kappa shape index (κ1) is 19.7. The predicted molar refractivity (Wildman–Crippen MR) is 121 cm³/mol. The molecule has 1 nitrogen and oxygen atoms in total. The van der Waals surface area contributed by atoms with Crippen LogP contribution in [0.5, 0.6) is 0 Å². The second-order valence-corrected chi connectivity index (χ2v) is 14.6. The van der Waals surface area contributed by atoms with E-state index < -0.39 is 8.07 Å². The fourth-order valence-corrected chi connectivity index (χ4v) is 10.9. The van der Waals surface area contributed by atoms with Gasteiger partial charge < -0.3 is 4.90 Å². The van der Waals surface area contributed by atoms with E-state index in [2.05, 4.69) is 79.5 Å². The largest absolute Gasteiger partial charge is 0.363 e. The van der Waals surface area contributed by atoms with Crippen molar-refractivity contribution in [3.63, 3.8) is 0 Å². The molecule has 0 spiro atoms. The van der Waals surface area contributed by atoms with E-state index in [0.717, 1.165) is 6.54 Å². The zero-order chi connectivity index (χ0) is 18.4. The van der Waals surface area contributed by atoms with Crippen molar-refractivity contribution in [2.75, 3.05) is 4.90 Å². The smallest absolute Gasteiger partial charge is 0.0987 e. The number of para-hydroxylation sites is 1. The van der Waals surface area contributed by atoms with Crippen molar-refractivity contribution in [1.29, 1.82) is 0 Å². The minimum atomic E-state index is -1.24. The lowest BCUT2D eigenvalue weighted by Crippen LogP contribution is -2.43. The highest BCUT2D eigenvalue weighted by atomic mass is 32.1. The molecule has 1 aromatic carbocycles. The first-order valence-corrected chi connectivity index (χ1v) is 14.1. The maximum Gasteiger partial charge on any atom is 0.0987 e. The van der Waals surface area contributed by atoms with E-state index in [1.54, 1.807) is 9.38 Å². The molecule has 1 saturated carbocycles. The summed E-state index contributed by atoms with van der Waals surface area (Å²) < 4.78 is 1.73. The summed E-state index contributed by atoms with van der Waals surface area (Å²) in [6, 6.07) is 20.9. The van der Waals surface area contributed by atoms with Crippen LogP contribution in [0.25, 0.3) is 0 Å². The van der Waals surface area contributed by atoms with E-state index in [9.17, 15) is 0 Å². The van der Waals surface area contributed by atoms with Gasteiger partial charge in [-0.05, 0) is 35.5 Å². The molecule has 1 fully saturated rings. The van der Waals surface area contributed by atoms with Crippen LogP contribution in [0.3, 0.4) is 0 Å². The topological polar surface area (TPSA) is 3.24 Å². The summed E-state index contributed by atoms with van der Waals surface area (Å²) in [6.07, 6.45) is 6.90. The van der Waals surface area contributed by atoms with Gasteiger partial charge in [-0.15, -0.1) is 11.3 Å². The van der Waals surface area contributed by atoms with Crippen molar-refractivity contribution in [2.24, 2.45) is 0 Å². The minimum Gasteiger partial charge on any atom is -0.363 e. The highest BCUT2D eigenvalue weighted by Gasteiger charge is 2.31. The molecule has 3 heteroatoms. The number of hydrogen-bond donors (Lipinski definition) is 0. The molecule has 1 aliphatic rings. The number of rotatable bonds is 8. The zero-order valence-corrected chi connectivity index (χ0v) is 18.7. The molecule has 0 amide bonds. The van der Waals surface area contributed by atoms with Crippen LogP contribution in [0.15, 0.2) is 42.5 Å². The van der Waals surface area contributed by atoms with Crippen molar-refractivity contribution in [1.82, 2.24) is 0 Å². The molecule has 0 unspecified atom stereocenters. The molecule has 0 atom stereocenters. The second kappa shape index (κ2) is 9.23. The lowest BCUT2D eigenvalue weighted by molar-refractivity contribution is 0.414. The van der Waals surface area contributed by atoms with Crippen LogP contribution >= 0.6 is 11.3 Å². The molecular formula is C23H35NSSi. The Balaban J connectivity index is 1.83. The van der Waals surface area contributed by atoms with Crippen LogP contribution in [-0.4, -0.2) is 14.1 Å². The van der Waals surface area contributed by atoms with Gasteiger partial charge in [0.05, 0.1) is 14.6 Å². The van der Waals surface area contributed by atoms with E-state index >= 15 is 0 Å². The fraction of sp³-hybridized carbons (Fsp3) is 0.565. The Kier molecular flexibility index (Phi) is 6.99. The lowest BCUT2D eigenvalue weighted by atomic mass is 9.93. The van der Waals surface area contributed by atoms with Gasteiger partial charge in [-0.25, -0.2) is 0 Å². The number of hydrogen-bond acceptors (Lipinski definition) is 2. The van der Waals surface area contributed by atoms with Gasteiger partial charge in [0.2, 0.25) is 0 Å².